The second kappa shape index (κ2) is 5.94. The van der Waals surface area contributed by atoms with Crippen LogP contribution in [-0.4, -0.2) is 30.9 Å². The van der Waals surface area contributed by atoms with Crippen molar-refractivity contribution in [2.45, 2.75) is 6.42 Å². The molecular weight excluding hydrogens is 134 g/mol. The largest absolute Gasteiger partial charge is 0.295 e. The van der Waals surface area contributed by atoms with Crippen LogP contribution < -0.4 is 0 Å². The van der Waals surface area contributed by atoms with E-state index in [0.717, 1.165) is 25.4 Å². The number of halogens is 1. The molecule has 2 heteroatoms. The normalized spacial score (nSPS) is 9.56. The molecule has 0 aliphatic heterocycles. The fourth-order valence-corrected chi connectivity index (χ4v) is 0.684. The summed E-state index contributed by atoms with van der Waals surface area (Å²) >= 11 is 5.47. The van der Waals surface area contributed by atoms with Crippen LogP contribution in [0.4, 0.5) is 0 Å². The van der Waals surface area contributed by atoms with Crippen molar-refractivity contribution < 1.29 is 0 Å². The molecule has 1 nitrogen and oxygen atoms in total. The first-order valence-electron chi connectivity index (χ1n) is 2.99. The van der Waals surface area contributed by atoms with Crippen molar-refractivity contribution in [3.8, 4) is 12.3 Å². The van der Waals surface area contributed by atoms with E-state index in [1.165, 1.54) is 0 Å². The molecule has 0 N–H and O–H groups in total. The van der Waals surface area contributed by atoms with E-state index < -0.39 is 0 Å². The molecule has 0 fully saturated rings. The van der Waals surface area contributed by atoms with E-state index in [1.54, 1.807) is 0 Å². The summed E-state index contributed by atoms with van der Waals surface area (Å²) in [7, 11) is 1.99. The highest BCUT2D eigenvalue weighted by molar-refractivity contribution is 6.17. The van der Waals surface area contributed by atoms with Crippen LogP contribution in [0, 0.1) is 12.3 Å². The summed E-state index contributed by atoms with van der Waals surface area (Å²) in [5, 5.41) is 0. The van der Waals surface area contributed by atoms with E-state index >= 15 is 0 Å². The van der Waals surface area contributed by atoms with Gasteiger partial charge in [0.2, 0.25) is 0 Å². The first-order chi connectivity index (χ1) is 4.31. The van der Waals surface area contributed by atoms with Gasteiger partial charge in [0.25, 0.3) is 0 Å². The molecule has 0 saturated heterocycles. The lowest BCUT2D eigenvalue weighted by atomic mass is 10.4. The summed E-state index contributed by atoms with van der Waals surface area (Å²) in [5.74, 6) is 3.28. The fraction of sp³-hybridized carbons (Fsp3) is 0.714. The van der Waals surface area contributed by atoms with Gasteiger partial charge >= 0.3 is 0 Å². The molecule has 0 amide bonds. The maximum atomic E-state index is 5.47. The lowest BCUT2D eigenvalue weighted by Crippen LogP contribution is -2.19. The van der Waals surface area contributed by atoms with Crippen LogP contribution in [0.5, 0.6) is 0 Å². The first-order valence-corrected chi connectivity index (χ1v) is 3.52. The Bertz CT molecular complexity index is 95.6. The molecule has 9 heavy (non-hydrogen) atoms. The minimum Gasteiger partial charge on any atom is -0.295 e. The summed E-state index contributed by atoms with van der Waals surface area (Å²) in [6.45, 7) is 1.71. The SMILES string of the molecule is C#CCN(C)CCCCl. The van der Waals surface area contributed by atoms with Gasteiger partial charge in [0.15, 0.2) is 0 Å². The third kappa shape index (κ3) is 5.68. The van der Waals surface area contributed by atoms with Crippen molar-refractivity contribution in [1.82, 2.24) is 4.90 Å². The number of alkyl halides is 1. The third-order valence-corrected chi connectivity index (χ3v) is 1.30. The first kappa shape index (κ1) is 8.81. The second-order valence-electron chi connectivity index (χ2n) is 1.98. The van der Waals surface area contributed by atoms with Crippen molar-refractivity contribution in [3.63, 3.8) is 0 Å². The maximum Gasteiger partial charge on any atom is 0.0596 e. The Hall–Kier alpha value is -0.190. The molecule has 0 bridgehead atoms. The zero-order valence-electron chi connectivity index (χ0n) is 5.73. The van der Waals surface area contributed by atoms with Gasteiger partial charge in [-0.2, -0.15) is 0 Å². The monoisotopic (exact) mass is 145 g/mol. The zero-order chi connectivity index (χ0) is 7.11. The Labute approximate surface area is 62.0 Å². The van der Waals surface area contributed by atoms with Crippen LogP contribution in [0.1, 0.15) is 6.42 Å². The van der Waals surface area contributed by atoms with Crippen LogP contribution >= 0.6 is 11.6 Å². The van der Waals surface area contributed by atoms with Crippen molar-refractivity contribution in [2.75, 3.05) is 26.0 Å². The van der Waals surface area contributed by atoms with E-state index in [0.29, 0.717) is 0 Å². The standard InChI is InChI=1S/C7H12ClN/c1-3-6-9(2)7-4-5-8/h1H,4-7H2,2H3. The van der Waals surface area contributed by atoms with Gasteiger partial charge in [-0.25, -0.2) is 0 Å². The van der Waals surface area contributed by atoms with E-state index in [-0.39, 0.29) is 0 Å². The van der Waals surface area contributed by atoms with Gasteiger partial charge in [0.1, 0.15) is 0 Å². The Kier molecular flexibility index (Phi) is 5.81. The third-order valence-electron chi connectivity index (χ3n) is 1.03. The molecule has 0 aliphatic rings. The number of hydrogen-bond acceptors (Lipinski definition) is 1. The quantitative estimate of drug-likeness (QED) is 0.424. The van der Waals surface area contributed by atoms with Crippen LogP contribution in [0.15, 0.2) is 0 Å². The molecule has 0 saturated carbocycles. The van der Waals surface area contributed by atoms with Gasteiger partial charge < -0.3 is 0 Å². The molecule has 0 atom stereocenters. The molecule has 0 rings (SSSR count). The number of hydrogen-bond donors (Lipinski definition) is 0. The van der Waals surface area contributed by atoms with Gasteiger partial charge in [-0.05, 0) is 20.0 Å². The topological polar surface area (TPSA) is 3.24 Å². The van der Waals surface area contributed by atoms with Crippen LogP contribution in [0.3, 0.4) is 0 Å². The predicted octanol–water partition coefficient (Wildman–Crippen LogP) is 1.18. The lowest BCUT2D eigenvalue weighted by molar-refractivity contribution is 0.377. The van der Waals surface area contributed by atoms with E-state index in [4.69, 9.17) is 18.0 Å². The van der Waals surface area contributed by atoms with E-state index in [2.05, 4.69) is 10.8 Å². The van der Waals surface area contributed by atoms with Crippen molar-refractivity contribution in [2.24, 2.45) is 0 Å². The average molecular weight is 146 g/mol. The van der Waals surface area contributed by atoms with Gasteiger partial charge in [0, 0.05) is 5.88 Å². The van der Waals surface area contributed by atoms with Crippen molar-refractivity contribution >= 4 is 11.6 Å². The Morgan fingerprint density at radius 3 is 2.78 bits per heavy atom. The van der Waals surface area contributed by atoms with E-state index in [1.807, 2.05) is 7.05 Å². The number of rotatable bonds is 4. The summed E-state index contributed by atoms with van der Waals surface area (Å²) in [5.41, 5.74) is 0. The Morgan fingerprint density at radius 1 is 1.67 bits per heavy atom. The number of nitrogens with zero attached hydrogens (tertiary/aromatic N) is 1. The average Bonchev–Trinajstić information content (AvgIpc) is 1.85. The summed E-state index contributed by atoms with van der Waals surface area (Å²) in [6, 6.07) is 0. The summed E-state index contributed by atoms with van der Waals surface area (Å²) in [4.78, 5) is 2.07. The number of terminal acetylenes is 1. The molecule has 52 valence electrons. The van der Waals surface area contributed by atoms with Gasteiger partial charge in [-0.1, -0.05) is 5.92 Å². The fourth-order valence-electron chi connectivity index (χ4n) is 0.565. The molecule has 0 aromatic heterocycles. The molecule has 0 aliphatic carbocycles. The minimum absolute atomic E-state index is 0.717. The summed E-state index contributed by atoms with van der Waals surface area (Å²) < 4.78 is 0. The van der Waals surface area contributed by atoms with Gasteiger partial charge in [-0.15, -0.1) is 18.0 Å². The molecule has 0 aromatic rings. The molecule has 0 heterocycles. The van der Waals surface area contributed by atoms with Gasteiger partial charge in [-0.3, -0.25) is 4.90 Å². The van der Waals surface area contributed by atoms with Crippen LogP contribution in [0.25, 0.3) is 0 Å². The maximum absolute atomic E-state index is 5.47. The predicted molar refractivity (Wildman–Crippen MR) is 41.7 cm³/mol. The smallest absolute Gasteiger partial charge is 0.0596 e. The molecule has 0 spiro atoms. The second-order valence-corrected chi connectivity index (χ2v) is 2.36. The minimum atomic E-state index is 0.717. The Balaban J connectivity index is 3.08. The zero-order valence-corrected chi connectivity index (χ0v) is 6.49. The highest BCUT2D eigenvalue weighted by Gasteiger charge is 1.91. The van der Waals surface area contributed by atoms with Gasteiger partial charge in [0.05, 0.1) is 6.54 Å². The molecule has 0 radical (unpaired) electrons. The molecular formula is C7H12ClN. The molecule has 0 unspecified atom stereocenters. The van der Waals surface area contributed by atoms with E-state index in [9.17, 15) is 0 Å². The van der Waals surface area contributed by atoms with Crippen LogP contribution in [0.2, 0.25) is 0 Å². The van der Waals surface area contributed by atoms with Crippen LogP contribution in [-0.2, 0) is 0 Å². The van der Waals surface area contributed by atoms with Crippen molar-refractivity contribution in [1.29, 1.82) is 0 Å². The highest BCUT2D eigenvalue weighted by atomic mass is 35.5. The van der Waals surface area contributed by atoms with Crippen molar-refractivity contribution in [3.05, 3.63) is 0 Å². The summed E-state index contributed by atoms with van der Waals surface area (Å²) in [6.07, 6.45) is 6.09. The lowest BCUT2D eigenvalue weighted by Gasteiger charge is -2.10. The molecule has 0 aromatic carbocycles. The Morgan fingerprint density at radius 2 is 2.33 bits per heavy atom. The highest BCUT2D eigenvalue weighted by Crippen LogP contribution is 1.87.